The van der Waals surface area contributed by atoms with Gasteiger partial charge in [-0.1, -0.05) is 29.8 Å². The average Bonchev–Trinajstić information content (AvgIpc) is 2.39. The van der Waals surface area contributed by atoms with E-state index >= 15 is 0 Å². The van der Waals surface area contributed by atoms with Crippen LogP contribution in [0.25, 0.3) is 0 Å². The largest absolute Gasteiger partial charge is 0.478 e. The van der Waals surface area contributed by atoms with Gasteiger partial charge >= 0.3 is 5.97 Å². The van der Waals surface area contributed by atoms with Crippen molar-refractivity contribution < 1.29 is 9.90 Å². The van der Waals surface area contributed by atoms with Crippen molar-refractivity contribution in [2.75, 3.05) is 7.05 Å². The monoisotopic (exact) mass is 290 g/mol. The number of rotatable bonds is 6. The average molecular weight is 291 g/mol. The maximum absolute atomic E-state index is 10.8. The summed E-state index contributed by atoms with van der Waals surface area (Å²) in [4.78, 5) is 18.7. The van der Waals surface area contributed by atoms with Crippen LogP contribution in [-0.2, 0) is 11.2 Å². The number of aliphatic carboxylic acids is 1. The predicted octanol–water partition coefficient (Wildman–Crippen LogP) is 3.01. The number of hydrogen-bond donors (Lipinski definition) is 1. The molecule has 0 aliphatic rings. The lowest BCUT2D eigenvalue weighted by atomic mass is 10.1. The van der Waals surface area contributed by atoms with Crippen LogP contribution in [0.3, 0.4) is 0 Å². The Morgan fingerprint density at radius 2 is 2.30 bits per heavy atom. The van der Waals surface area contributed by atoms with Gasteiger partial charge in [0.25, 0.3) is 0 Å². The number of carboxylic acids is 1. The Morgan fingerprint density at radius 3 is 2.90 bits per heavy atom. The van der Waals surface area contributed by atoms with Crippen LogP contribution in [-0.4, -0.2) is 29.3 Å². The molecule has 0 bridgehead atoms. The zero-order valence-electron chi connectivity index (χ0n) is 11.0. The van der Waals surface area contributed by atoms with Gasteiger partial charge in [-0.3, -0.25) is 9.98 Å². The highest BCUT2D eigenvalue weighted by atomic mass is 35.5. The van der Waals surface area contributed by atoms with Crippen LogP contribution >= 0.6 is 11.6 Å². The molecule has 1 rings (SSSR count). The molecule has 0 aliphatic carbocycles. The van der Waals surface area contributed by atoms with Gasteiger partial charge in [-0.05, 0) is 23.8 Å². The summed E-state index contributed by atoms with van der Waals surface area (Å²) in [5, 5.41) is 9.33. The molecule has 4 nitrogen and oxygen atoms in total. The van der Waals surface area contributed by atoms with Crippen molar-refractivity contribution in [2.45, 2.75) is 6.42 Å². The molecule has 0 amide bonds. The lowest BCUT2D eigenvalue weighted by Gasteiger charge is -2.00. The van der Waals surface area contributed by atoms with E-state index in [-0.39, 0.29) is 0 Å². The Balaban J connectivity index is 2.84. The molecule has 1 aromatic rings. The predicted molar refractivity (Wildman–Crippen MR) is 81.2 cm³/mol. The number of aromatic nitrogens is 1. The second-order valence-corrected chi connectivity index (χ2v) is 4.29. The number of pyridine rings is 1. The van der Waals surface area contributed by atoms with Crippen LogP contribution < -0.4 is 0 Å². The van der Waals surface area contributed by atoms with Crippen molar-refractivity contribution in [3.8, 4) is 0 Å². The molecular formula is C15H15ClN2O2. The molecule has 5 heteroatoms. The Hall–Kier alpha value is -2.20. The molecule has 104 valence electrons. The second kappa shape index (κ2) is 8.82. The smallest absolute Gasteiger partial charge is 0.328 e. The third-order valence-corrected chi connectivity index (χ3v) is 2.46. The molecule has 0 aromatic carbocycles. The molecule has 0 radical (unpaired) electrons. The minimum atomic E-state index is -0.995. The molecule has 0 unspecified atom stereocenters. The molecule has 20 heavy (non-hydrogen) atoms. The highest BCUT2D eigenvalue weighted by Gasteiger charge is 2.00. The molecular weight excluding hydrogens is 276 g/mol. The minimum absolute atomic E-state index is 0.441. The van der Waals surface area contributed by atoms with Gasteiger partial charge < -0.3 is 5.11 Å². The van der Waals surface area contributed by atoms with Gasteiger partial charge in [0.2, 0.25) is 0 Å². The van der Waals surface area contributed by atoms with Crippen molar-refractivity contribution in [2.24, 2.45) is 4.99 Å². The van der Waals surface area contributed by atoms with Crippen LogP contribution in [0.15, 0.2) is 64.3 Å². The van der Waals surface area contributed by atoms with Gasteiger partial charge in [0.15, 0.2) is 0 Å². The van der Waals surface area contributed by atoms with E-state index in [9.17, 15) is 4.79 Å². The first kappa shape index (κ1) is 15.9. The van der Waals surface area contributed by atoms with Crippen LogP contribution in [0, 0.1) is 0 Å². The highest BCUT2D eigenvalue weighted by Crippen LogP contribution is 2.08. The van der Waals surface area contributed by atoms with Crippen LogP contribution in [0.1, 0.15) is 5.69 Å². The molecule has 1 N–H and O–H groups in total. The summed E-state index contributed by atoms with van der Waals surface area (Å²) in [5.41, 5.74) is 1.43. The maximum Gasteiger partial charge on any atom is 0.328 e. The number of nitrogens with zero attached hydrogens (tertiary/aromatic N) is 2. The van der Waals surface area contributed by atoms with Crippen molar-refractivity contribution >= 4 is 23.8 Å². The van der Waals surface area contributed by atoms with E-state index in [1.54, 1.807) is 31.5 Å². The van der Waals surface area contributed by atoms with Crippen molar-refractivity contribution in [3.05, 3.63) is 65.0 Å². The first-order chi connectivity index (χ1) is 9.61. The van der Waals surface area contributed by atoms with Crippen LogP contribution in [0.4, 0.5) is 0 Å². The third-order valence-electron chi connectivity index (χ3n) is 2.24. The zero-order chi connectivity index (χ0) is 14.8. The summed E-state index contributed by atoms with van der Waals surface area (Å²) < 4.78 is 0. The summed E-state index contributed by atoms with van der Waals surface area (Å²) in [6.45, 7) is 0. The molecule has 1 aromatic heterocycles. The summed E-state index contributed by atoms with van der Waals surface area (Å²) in [6.07, 6.45) is 9.79. The quantitative estimate of drug-likeness (QED) is 0.498. The van der Waals surface area contributed by atoms with Gasteiger partial charge in [-0.15, -0.1) is 0 Å². The minimum Gasteiger partial charge on any atom is -0.478 e. The first-order valence-electron chi connectivity index (χ1n) is 5.91. The molecule has 0 fully saturated rings. The van der Waals surface area contributed by atoms with E-state index in [1.807, 2.05) is 18.2 Å². The third kappa shape index (κ3) is 6.66. The van der Waals surface area contributed by atoms with Crippen LogP contribution in [0.5, 0.6) is 0 Å². The Kier molecular flexibility index (Phi) is 7.00. The number of aliphatic imine (C=N–C) groups is 1. The number of carboxylic acid groups (broad SMARTS) is 1. The van der Waals surface area contributed by atoms with E-state index in [1.165, 1.54) is 6.21 Å². The highest BCUT2D eigenvalue weighted by molar-refractivity contribution is 6.39. The zero-order valence-corrected chi connectivity index (χ0v) is 11.8. The van der Waals surface area contributed by atoms with Gasteiger partial charge in [0.1, 0.15) is 0 Å². The summed E-state index contributed by atoms with van der Waals surface area (Å²) in [5.74, 6) is -0.995. The number of hydrogen-bond acceptors (Lipinski definition) is 3. The van der Waals surface area contributed by atoms with Gasteiger partial charge in [0.05, 0.1) is 5.03 Å². The Bertz CT molecular complexity index is 560. The number of halogens is 1. The fraction of sp³-hybridized carbons (Fsp3) is 0.133. The molecule has 0 saturated heterocycles. The standard InChI is InChI=1S/C15H15ClN2O2/c1-17-11-13(16)6-4-5-12(10-15(19)20)9-14-7-2-3-8-18-14/h2-8,10-11H,9H2,1H3,(H,19,20)/b5-4+,12-10+,13-6+,17-11-. The SMILES string of the molecule is C\N=C/C(Cl)=C\C=C\C(=C/C(=O)O)Cc1ccccn1. The lowest BCUT2D eigenvalue weighted by Crippen LogP contribution is -1.96. The van der Waals surface area contributed by atoms with Gasteiger partial charge in [0, 0.05) is 37.6 Å². The second-order valence-electron chi connectivity index (χ2n) is 3.85. The molecule has 0 spiro atoms. The van der Waals surface area contributed by atoms with Crippen LogP contribution in [0.2, 0.25) is 0 Å². The van der Waals surface area contributed by atoms with Crippen molar-refractivity contribution in [1.29, 1.82) is 0 Å². The van der Waals surface area contributed by atoms with Crippen molar-refractivity contribution in [1.82, 2.24) is 4.98 Å². The summed E-state index contributed by atoms with van der Waals surface area (Å²) in [7, 11) is 1.62. The maximum atomic E-state index is 10.8. The topological polar surface area (TPSA) is 62.5 Å². The molecule has 1 heterocycles. The fourth-order valence-corrected chi connectivity index (χ4v) is 1.63. The van der Waals surface area contributed by atoms with E-state index < -0.39 is 5.97 Å². The summed E-state index contributed by atoms with van der Waals surface area (Å²) >= 11 is 5.84. The van der Waals surface area contributed by atoms with E-state index in [0.29, 0.717) is 17.0 Å². The number of allylic oxidation sites excluding steroid dienone is 5. The van der Waals surface area contributed by atoms with Gasteiger partial charge in [-0.25, -0.2) is 4.79 Å². The van der Waals surface area contributed by atoms with Gasteiger partial charge in [-0.2, -0.15) is 0 Å². The normalized spacial score (nSPS) is 13.3. The lowest BCUT2D eigenvalue weighted by molar-refractivity contribution is -0.131. The Labute approximate surface area is 122 Å². The summed E-state index contributed by atoms with van der Waals surface area (Å²) in [6, 6.07) is 5.52. The first-order valence-corrected chi connectivity index (χ1v) is 6.29. The fourth-order valence-electron chi connectivity index (χ4n) is 1.46. The molecule has 0 saturated carbocycles. The molecule has 0 aliphatic heterocycles. The van der Waals surface area contributed by atoms with Crippen molar-refractivity contribution in [3.63, 3.8) is 0 Å². The van der Waals surface area contributed by atoms with E-state index in [0.717, 1.165) is 11.8 Å². The Morgan fingerprint density at radius 1 is 1.50 bits per heavy atom. The molecule has 0 atom stereocenters. The van der Waals surface area contributed by atoms with E-state index in [4.69, 9.17) is 16.7 Å². The number of carbonyl (C=O) groups is 1. The van der Waals surface area contributed by atoms with E-state index in [2.05, 4.69) is 9.98 Å².